The molecule has 1 amide bonds. The van der Waals surface area contributed by atoms with E-state index in [1.807, 2.05) is 44.2 Å². The molecule has 4 nitrogen and oxygen atoms in total. The highest BCUT2D eigenvalue weighted by Gasteiger charge is 2.13. The monoisotopic (exact) mass is 392 g/mol. The lowest BCUT2D eigenvalue weighted by Gasteiger charge is -2.28. The number of carbonyl (C=O) groups is 2. The highest BCUT2D eigenvalue weighted by molar-refractivity contribution is 5.98. The Morgan fingerprint density at radius 1 is 0.966 bits per heavy atom. The van der Waals surface area contributed by atoms with Crippen LogP contribution in [0.3, 0.4) is 0 Å². The standard InChI is InChI=1S/C25H32N2O2/c1-3-8-24(28)23-14-9-19(17-20(23)4-2)18-25(29)26-21-10-12-22(13-11-21)27-15-6-5-7-16-27/h9-14,17H,3-8,15-16,18H2,1-2H3,(H,26,29). The molecule has 0 radical (unpaired) electrons. The lowest BCUT2D eigenvalue weighted by Crippen LogP contribution is -2.29. The van der Waals surface area contributed by atoms with Crippen LogP contribution in [0.4, 0.5) is 11.4 Å². The molecule has 0 saturated carbocycles. The molecule has 0 aromatic heterocycles. The molecular weight excluding hydrogens is 360 g/mol. The predicted molar refractivity (Wildman–Crippen MR) is 120 cm³/mol. The second-order valence-corrected chi connectivity index (χ2v) is 7.84. The van der Waals surface area contributed by atoms with Crippen molar-refractivity contribution in [2.45, 2.75) is 58.8 Å². The molecule has 0 spiro atoms. The summed E-state index contributed by atoms with van der Waals surface area (Å²) in [4.78, 5) is 27.2. The van der Waals surface area contributed by atoms with Gasteiger partial charge in [0.2, 0.25) is 5.91 Å². The number of nitrogens with one attached hydrogen (secondary N) is 1. The number of nitrogens with zero attached hydrogens (tertiary/aromatic N) is 1. The van der Waals surface area contributed by atoms with E-state index >= 15 is 0 Å². The van der Waals surface area contributed by atoms with Gasteiger partial charge in [0.1, 0.15) is 0 Å². The molecule has 1 aliphatic rings. The number of carbonyl (C=O) groups excluding carboxylic acids is 2. The number of hydrogen-bond acceptors (Lipinski definition) is 3. The maximum Gasteiger partial charge on any atom is 0.228 e. The molecule has 1 N–H and O–H groups in total. The molecular formula is C25H32N2O2. The topological polar surface area (TPSA) is 49.4 Å². The van der Waals surface area contributed by atoms with Crippen LogP contribution in [0.5, 0.6) is 0 Å². The minimum absolute atomic E-state index is 0.0367. The summed E-state index contributed by atoms with van der Waals surface area (Å²) in [5.41, 5.74) is 4.81. The number of Topliss-reactive ketones (excluding diaryl/α,β-unsaturated/α-hetero) is 1. The highest BCUT2D eigenvalue weighted by atomic mass is 16.1. The molecule has 0 aliphatic carbocycles. The van der Waals surface area contributed by atoms with Gasteiger partial charge in [0.25, 0.3) is 0 Å². The van der Waals surface area contributed by atoms with Crippen LogP contribution in [-0.4, -0.2) is 24.8 Å². The maximum absolute atomic E-state index is 12.5. The first-order valence-corrected chi connectivity index (χ1v) is 10.9. The average molecular weight is 393 g/mol. The van der Waals surface area contributed by atoms with Crippen molar-refractivity contribution in [2.24, 2.45) is 0 Å². The second kappa shape index (κ2) is 10.2. The zero-order chi connectivity index (χ0) is 20.6. The number of amides is 1. The minimum atomic E-state index is -0.0367. The normalized spacial score (nSPS) is 13.9. The Hall–Kier alpha value is -2.62. The van der Waals surface area contributed by atoms with Crippen molar-refractivity contribution in [3.05, 3.63) is 59.2 Å². The number of anilines is 2. The van der Waals surface area contributed by atoms with E-state index in [9.17, 15) is 9.59 Å². The predicted octanol–water partition coefficient (Wildman–Crippen LogP) is 5.40. The van der Waals surface area contributed by atoms with Gasteiger partial charge in [-0.2, -0.15) is 0 Å². The summed E-state index contributed by atoms with van der Waals surface area (Å²) in [5.74, 6) is 0.152. The molecule has 0 atom stereocenters. The third-order valence-electron chi connectivity index (χ3n) is 5.56. The lowest BCUT2D eigenvalue weighted by atomic mass is 9.96. The van der Waals surface area contributed by atoms with Crippen molar-refractivity contribution in [3.8, 4) is 0 Å². The quantitative estimate of drug-likeness (QED) is 0.612. The zero-order valence-corrected chi connectivity index (χ0v) is 17.7. The largest absolute Gasteiger partial charge is 0.372 e. The first-order valence-electron chi connectivity index (χ1n) is 10.9. The van der Waals surface area contributed by atoms with Crippen molar-refractivity contribution in [1.82, 2.24) is 0 Å². The van der Waals surface area contributed by atoms with E-state index in [-0.39, 0.29) is 11.7 Å². The van der Waals surface area contributed by atoms with Gasteiger partial charge in [-0.15, -0.1) is 0 Å². The molecule has 1 heterocycles. The van der Waals surface area contributed by atoms with Crippen LogP contribution < -0.4 is 10.2 Å². The van der Waals surface area contributed by atoms with E-state index in [2.05, 4.69) is 22.3 Å². The zero-order valence-electron chi connectivity index (χ0n) is 17.7. The van der Waals surface area contributed by atoms with E-state index in [1.165, 1.54) is 24.9 Å². The van der Waals surface area contributed by atoms with Crippen LogP contribution in [-0.2, 0) is 17.6 Å². The van der Waals surface area contributed by atoms with E-state index in [0.29, 0.717) is 12.8 Å². The Morgan fingerprint density at radius 2 is 1.69 bits per heavy atom. The number of aryl methyl sites for hydroxylation is 1. The fourth-order valence-electron chi connectivity index (χ4n) is 3.98. The molecule has 154 valence electrons. The van der Waals surface area contributed by atoms with Gasteiger partial charge in [-0.05, 0) is 67.5 Å². The van der Waals surface area contributed by atoms with Crippen LogP contribution in [0.1, 0.15) is 67.4 Å². The number of benzene rings is 2. The summed E-state index contributed by atoms with van der Waals surface area (Å²) in [6.07, 6.45) is 6.34. The molecule has 1 aliphatic heterocycles. The number of ketones is 1. The first kappa shape index (κ1) is 21.1. The van der Waals surface area contributed by atoms with Gasteiger partial charge in [0.15, 0.2) is 5.78 Å². The van der Waals surface area contributed by atoms with E-state index in [0.717, 1.165) is 48.3 Å². The summed E-state index contributed by atoms with van der Waals surface area (Å²) in [6, 6.07) is 13.9. The second-order valence-electron chi connectivity index (χ2n) is 7.84. The Morgan fingerprint density at radius 3 is 2.34 bits per heavy atom. The molecule has 2 aromatic rings. The van der Waals surface area contributed by atoms with Gasteiger partial charge in [0, 0.05) is 36.4 Å². The summed E-state index contributed by atoms with van der Waals surface area (Å²) < 4.78 is 0. The SMILES string of the molecule is CCCC(=O)c1ccc(CC(=O)Nc2ccc(N3CCCCC3)cc2)cc1CC. The molecule has 29 heavy (non-hydrogen) atoms. The number of rotatable bonds is 8. The summed E-state index contributed by atoms with van der Waals surface area (Å²) in [6.45, 7) is 6.29. The van der Waals surface area contributed by atoms with Gasteiger partial charge in [-0.3, -0.25) is 9.59 Å². The van der Waals surface area contributed by atoms with Crippen LogP contribution >= 0.6 is 0 Å². The van der Waals surface area contributed by atoms with E-state index in [4.69, 9.17) is 0 Å². The van der Waals surface area contributed by atoms with E-state index < -0.39 is 0 Å². The van der Waals surface area contributed by atoms with Crippen LogP contribution in [0.25, 0.3) is 0 Å². The molecule has 0 bridgehead atoms. The average Bonchev–Trinajstić information content (AvgIpc) is 2.75. The Balaban J connectivity index is 1.60. The van der Waals surface area contributed by atoms with Crippen molar-refractivity contribution in [2.75, 3.05) is 23.3 Å². The van der Waals surface area contributed by atoms with Crippen molar-refractivity contribution in [3.63, 3.8) is 0 Å². The molecule has 4 heteroatoms. The van der Waals surface area contributed by atoms with Crippen LogP contribution in [0, 0.1) is 0 Å². The van der Waals surface area contributed by atoms with Crippen molar-refractivity contribution >= 4 is 23.1 Å². The van der Waals surface area contributed by atoms with Gasteiger partial charge in [-0.25, -0.2) is 0 Å². The summed E-state index contributed by atoms with van der Waals surface area (Å²) in [7, 11) is 0. The van der Waals surface area contributed by atoms with Crippen LogP contribution in [0.2, 0.25) is 0 Å². The third kappa shape index (κ3) is 5.69. The summed E-state index contributed by atoms with van der Waals surface area (Å²) in [5, 5.41) is 2.99. The van der Waals surface area contributed by atoms with Crippen molar-refractivity contribution in [1.29, 1.82) is 0 Å². The number of piperidine rings is 1. The minimum Gasteiger partial charge on any atom is -0.372 e. The first-order chi connectivity index (χ1) is 14.1. The molecule has 0 unspecified atom stereocenters. The van der Waals surface area contributed by atoms with Crippen LogP contribution in [0.15, 0.2) is 42.5 Å². The maximum atomic E-state index is 12.5. The Kier molecular flexibility index (Phi) is 7.45. The molecule has 2 aromatic carbocycles. The van der Waals surface area contributed by atoms with Gasteiger partial charge < -0.3 is 10.2 Å². The molecule has 1 saturated heterocycles. The molecule has 1 fully saturated rings. The molecule has 3 rings (SSSR count). The third-order valence-corrected chi connectivity index (χ3v) is 5.56. The fourth-order valence-corrected chi connectivity index (χ4v) is 3.98. The van der Waals surface area contributed by atoms with E-state index in [1.54, 1.807) is 0 Å². The van der Waals surface area contributed by atoms with Gasteiger partial charge >= 0.3 is 0 Å². The fraction of sp³-hybridized carbons (Fsp3) is 0.440. The Bertz CT molecular complexity index is 836. The van der Waals surface area contributed by atoms with Gasteiger partial charge in [-0.1, -0.05) is 32.0 Å². The summed E-state index contributed by atoms with van der Waals surface area (Å²) >= 11 is 0. The Labute approximate surface area is 174 Å². The van der Waals surface area contributed by atoms with Gasteiger partial charge in [0.05, 0.1) is 6.42 Å². The van der Waals surface area contributed by atoms with Crippen molar-refractivity contribution < 1.29 is 9.59 Å². The highest BCUT2D eigenvalue weighted by Crippen LogP contribution is 2.22. The lowest BCUT2D eigenvalue weighted by molar-refractivity contribution is -0.115. The number of hydrogen-bond donors (Lipinski definition) is 1. The smallest absolute Gasteiger partial charge is 0.228 e.